The summed E-state index contributed by atoms with van der Waals surface area (Å²) in [5, 5.41) is 1.90. The fourth-order valence-corrected chi connectivity index (χ4v) is 1.67. The molecule has 1 heterocycles. The largest absolute Gasteiger partial charge is 0.303 e. The van der Waals surface area contributed by atoms with Gasteiger partial charge in [-0.05, 0) is 19.3 Å². The summed E-state index contributed by atoms with van der Waals surface area (Å²) in [5.74, 6) is 0.965. The van der Waals surface area contributed by atoms with Crippen LogP contribution in [-0.2, 0) is 12.8 Å². The molecule has 1 aromatic rings. The molecular weight excluding hydrogens is 164 g/mol. The first-order chi connectivity index (χ1) is 6.27. The monoisotopic (exact) mass is 178 g/mol. The molecule has 0 aliphatic heterocycles. The zero-order chi connectivity index (χ0) is 9.26. The number of aryl methyl sites for hydroxylation is 1. The van der Waals surface area contributed by atoms with Crippen LogP contribution in [0.5, 0.6) is 0 Å². The quantitative estimate of drug-likeness (QED) is 0.682. The van der Waals surface area contributed by atoms with Crippen LogP contribution in [0.25, 0.3) is 0 Å². The lowest BCUT2D eigenvalue weighted by atomic mass is 10.2. The Morgan fingerprint density at radius 1 is 1.31 bits per heavy atom. The molecule has 0 atom stereocenters. The minimum Gasteiger partial charge on any atom is -0.303 e. The van der Waals surface area contributed by atoms with Gasteiger partial charge in [-0.15, -0.1) is 0 Å². The lowest BCUT2D eigenvalue weighted by Gasteiger charge is -2.14. The average Bonchev–Trinajstić information content (AvgIpc) is 2.51. The smallest absolute Gasteiger partial charge is 0.147 e. The van der Waals surface area contributed by atoms with Gasteiger partial charge in [0.05, 0.1) is 0 Å². The van der Waals surface area contributed by atoms with E-state index in [2.05, 4.69) is 15.4 Å². The van der Waals surface area contributed by atoms with Crippen molar-refractivity contribution in [1.29, 1.82) is 0 Å². The highest BCUT2D eigenvalue weighted by atomic mass is 15.5. The third-order valence-corrected chi connectivity index (χ3v) is 2.20. The van der Waals surface area contributed by atoms with Crippen molar-refractivity contribution in [2.45, 2.75) is 19.3 Å². The van der Waals surface area contributed by atoms with Gasteiger partial charge in [0.2, 0.25) is 0 Å². The van der Waals surface area contributed by atoms with Gasteiger partial charge in [-0.25, -0.2) is 15.0 Å². The SMILES string of the molecule is CN(C)Nc1ncnc2c1CCC2. The topological polar surface area (TPSA) is 41.0 Å². The van der Waals surface area contributed by atoms with E-state index in [0.29, 0.717) is 0 Å². The molecule has 4 nitrogen and oxygen atoms in total. The Labute approximate surface area is 78.0 Å². The van der Waals surface area contributed by atoms with Gasteiger partial charge in [0.15, 0.2) is 0 Å². The number of hydrogen-bond acceptors (Lipinski definition) is 4. The first kappa shape index (κ1) is 8.44. The summed E-state index contributed by atoms with van der Waals surface area (Å²) in [6.07, 6.45) is 5.04. The van der Waals surface area contributed by atoms with Crippen LogP contribution in [-0.4, -0.2) is 29.1 Å². The van der Waals surface area contributed by atoms with Gasteiger partial charge in [-0.2, -0.15) is 0 Å². The third kappa shape index (κ3) is 1.62. The third-order valence-electron chi connectivity index (χ3n) is 2.20. The van der Waals surface area contributed by atoms with Crippen LogP contribution in [0, 0.1) is 0 Å². The Morgan fingerprint density at radius 2 is 2.15 bits per heavy atom. The van der Waals surface area contributed by atoms with E-state index in [9.17, 15) is 0 Å². The van der Waals surface area contributed by atoms with Crippen LogP contribution in [0.1, 0.15) is 17.7 Å². The minimum atomic E-state index is 0.965. The Balaban J connectivity index is 2.30. The van der Waals surface area contributed by atoms with E-state index in [1.165, 1.54) is 17.7 Å². The Bertz CT molecular complexity index is 308. The van der Waals surface area contributed by atoms with Crippen LogP contribution in [0.2, 0.25) is 0 Å². The highest BCUT2D eigenvalue weighted by Gasteiger charge is 2.16. The summed E-state index contributed by atoms with van der Waals surface area (Å²) < 4.78 is 0. The van der Waals surface area contributed by atoms with Crippen LogP contribution in [0.4, 0.5) is 5.82 Å². The molecule has 0 radical (unpaired) electrons. The maximum Gasteiger partial charge on any atom is 0.147 e. The van der Waals surface area contributed by atoms with Gasteiger partial charge in [-0.3, -0.25) is 0 Å². The van der Waals surface area contributed by atoms with E-state index in [4.69, 9.17) is 0 Å². The molecule has 1 N–H and O–H groups in total. The zero-order valence-corrected chi connectivity index (χ0v) is 8.04. The molecule has 0 unspecified atom stereocenters. The Morgan fingerprint density at radius 3 is 2.92 bits per heavy atom. The highest BCUT2D eigenvalue weighted by Crippen LogP contribution is 2.24. The minimum absolute atomic E-state index is 0.965. The number of rotatable bonds is 2. The number of hydrogen-bond donors (Lipinski definition) is 1. The highest BCUT2D eigenvalue weighted by molar-refractivity contribution is 5.47. The van der Waals surface area contributed by atoms with Crippen molar-refractivity contribution in [3.8, 4) is 0 Å². The fourth-order valence-electron chi connectivity index (χ4n) is 1.67. The molecule has 70 valence electrons. The van der Waals surface area contributed by atoms with Gasteiger partial charge in [-0.1, -0.05) is 0 Å². The van der Waals surface area contributed by atoms with Crippen molar-refractivity contribution in [2.75, 3.05) is 19.5 Å². The van der Waals surface area contributed by atoms with Gasteiger partial charge < -0.3 is 5.43 Å². The molecule has 4 heteroatoms. The van der Waals surface area contributed by atoms with Crippen molar-refractivity contribution < 1.29 is 0 Å². The summed E-state index contributed by atoms with van der Waals surface area (Å²) in [7, 11) is 3.92. The molecule has 13 heavy (non-hydrogen) atoms. The molecule has 0 saturated heterocycles. The van der Waals surface area contributed by atoms with E-state index in [1.54, 1.807) is 6.33 Å². The molecule has 1 aromatic heterocycles. The molecule has 1 aliphatic rings. The number of hydrazine groups is 1. The van der Waals surface area contributed by atoms with Gasteiger partial charge in [0, 0.05) is 25.4 Å². The lowest BCUT2D eigenvalue weighted by molar-refractivity contribution is 0.491. The number of nitrogens with zero attached hydrogens (tertiary/aromatic N) is 3. The second-order valence-electron chi connectivity index (χ2n) is 3.51. The molecule has 1 aliphatic carbocycles. The lowest BCUT2D eigenvalue weighted by Crippen LogP contribution is -2.21. The van der Waals surface area contributed by atoms with Gasteiger partial charge >= 0.3 is 0 Å². The molecule has 2 rings (SSSR count). The maximum atomic E-state index is 4.26. The van der Waals surface area contributed by atoms with E-state index < -0.39 is 0 Å². The molecule has 0 spiro atoms. The van der Waals surface area contributed by atoms with Crippen molar-refractivity contribution in [3.05, 3.63) is 17.6 Å². The molecule has 0 aromatic carbocycles. The fraction of sp³-hybridized carbons (Fsp3) is 0.556. The summed E-state index contributed by atoms with van der Waals surface area (Å²) >= 11 is 0. The molecular formula is C9H14N4. The molecule has 0 amide bonds. The van der Waals surface area contributed by atoms with Crippen LogP contribution in [0.15, 0.2) is 6.33 Å². The van der Waals surface area contributed by atoms with E-state index in [1.807, 2.05) is 19.1 Å². The number of nitrogens with one attached hydrogen (secondary N) is 1. The predicted molar refractivity (Wildman–Crippen MR) is 51.4 cm³/mol. The van der Waals surface area contributed by atoms with E-state index in [-0.39, 0.29) is 0 Å². The summed E-state index contributed by atoms with van der Waals surface area (Å²) in [4.78, 5) is 8.48. The van der Waals surface area contributed by atoms with Crippen molar-refractivity contribution in [1.82, 2.24) is 15.0 Å². The number of aromatic nitrogens is 2. The second kappa shape index (κ2) is 3.30. The normalized spacial score (nSPS) is 14.7. The van der Waals surface area contributed by atoms with Crippen LogP contribution >= 0.6 is 0 Å². The molecule has 0 fully saturated rings. The standard InChI is InChI=1S/C9H14N4/c1-13(2)12-9-7-4-3-5-8(7)10-6-11-9/h6H,3-5H2,1-2H3,(H,10,11,12). The Hall–Kier alpha value is -1.16. The van der Waals surface area contributed by atoms with Crippen LogP contribution in [0.3, 0.4) is 0 Å². The first-order valence-electron chi connectivity index (χ1n) is 4.54. The predicted octanol–water partition coefficient (Wildman–Crippen LogP) is 0.854. The summed E-state index contributed by atoms with van der Waals surface area (Å²) in [5.41, 5.74) is 5.68. The Kier molecular flexibility index (Phi) is 2.14. The van der Waals surface area contributed by atoms with Crippen molar-refractivity contribution in [3.63, 3.8) is 0 Å². The van der Waals surface area contributed by atoms with E-state index in [0.717, 1.165) is 18.7 Å². The van der Waals surface area contributed by atoms with Crippen molar-refractivity contribution in [2.24, 2.45) is 0 Å². The van der Waals surface area contributed by atoms with Crippen molar-refractivity contribution >= 4 is 5.82 Å². The first-order valence-corrected chi connectivity index (χ1v) is 4.54. The summed E-state index contributed by atoms with van der Waals surface area (Å²) in [6.45, 7) is 0. The average molecular weight is 178 g/mol. The maximum absolute atomic E-state index is 4.26. The van der Waals surface area contributed by atoms with Gasteiger partial charge in [0.25, 0.3) is 0 Å². The van der Waals surface area contributed by atoms with Gasteiger partial charge in [0.1, 0.15) is 12.1 Å². The zero-order valence-electron chi connectivity index (χ0n) is 8.04. The molecule has 0 saturated carbocycles. The number of fused-ring (bicyclic) bond motifs is 1. The van der Waals surface area contributed by atoms with E-state index >= 15 is 0 Å². The van der Waals surface area contributed by atoms with Crippen LogP contribution < -0.4 is 5.43 Å². The number of anilines is 1. The molecule has 0 bridgehead atoms. The summed E-state index contributed by atoms with van der Waals surface area (Å²) in [6, 6.07) is 0. The second-order valence-corrected chi connectivity index (χ2v) is 3.51.